The smallest absolute Gasteiger partial charge is 0.228 e. The van der Waals surface area contributed by atoms with Gasteiger partial charge in [-0.2, -0.15) is 0 Å². The molecule has 0 aliphatic heterocycles. The predicted molar refractivity (Wildman–Crippen MR) is 127 cm³/mol. The minimum absolute atomic E-state index is 0.0954. The predicted octanol–water partition coefficient (Wildman–Crippen LogP) is 6.28. The molecular weight excluding hydrogens is 423 g/mol. The van der Waals surface area contributed by atoms with E-state index < -0.39 is 5.60 Å². The Balaban J connectivity index is 1.37. The number of aryl methyl sites for hydroxylation is 1. The Morgan fingerprint density at radius 2 is 1.94 bits per heavy atom. The molecule has 166 valence electrons. The fourth-order valence-electron chi connectivity index (χ4n) is 3.80. The van der Waals surface area contributed by atoms with E-state index in [1.54, 1.807) is 49.1 Å². The molecule has 0 bridgehead atoms. The fourth-order valence-corrected chi connectivity index (χ4v) is 4.46. The summed E-state index contributed by atoms with van der Waals surface area (Å²) in [5.74, 6) is 1.17. The maximum Gasteiger partial charge on any atom is 0.228 e. The zero-order chi connectivity index (χ0) is 22.6. The lowest BCUT2D eigenvalue weighted by molar-refractivity contribution is -0.115. The van der Waals surface area contributed by atoms with Crippen LogP contribution >= 0.6 is 11.8 Å². The summed E-state index contributed by atoms with van der Waals surface area (Å²) in [6.07, 6.45) is 4.58. The third-order valence-corrected chi connectivity index (χ3v) is 6.67. The van der Waals surface area contributed by atoms with Gasteiger partial charge in [-0.1, -0.05) is 31.2 Å². The van der Waals surface area contributed by atoms with Crippen molar-refractivity contribution in [3.8, 4) is 5.88 Å². The summed E-state index contributed by atoms with van der Waals surface area (Å²) in [5, 5.41) is 2.88. The van der Waals surface area contributed by atoms with Gasteiger partial charge >= 0.3 is 0 Å². The van der Waals surface area contributed by atoms with Crippen molar-refractivity contribution in [1.29, 1.82) is 0 Å². The first-order chi connectivity index (χ1) is 15.5. The van der Waals surface area contributed by atoms with Crippen LogP contribution in [-0.2, 0) is 16.8 Å². The molecule has 0 atom stereocenters. The lowest BCUT2D eigenvalue weighted by atomic mass is 9.74. The van der Waals surface area contributed by atoms with E-state index >= 15 is 0 Å². The van der Waals surface area contributed by atoms with Crippen LogP contribution in [0.1, 0.15) is 42.9 Å². The van der Waals surface area contributed by atoms with E-state index in [1.165, 1.54) is 4.90 Å². The van der Waals surface area contributed by atoms with Crippen molar-refractivity contribution in [2.75, 3.05) is 11.1 Å². The highest BCUT2D eigenvalue weighted by molar-refractivity contribution is 7.99. The van der Waals surface area contributed by atoms with Gasteiger partial charge in [0.15, 0.2) is 0 Å². The Hall–Kier alpha value is -2.86. The van der Waals surface area contributed by atoms with Gasteiger partial charge in [-0.3, -0.25) is 4.79 Å². The number of amides is 1. The number of hydrogen-bond donors (Lipinski definition) is 1. The topological polar surface area (TPSA) is 51.2 Å². The Morgan fingerprint density at radius 3 is 2.53 bits per heavy atom. The van der Waals surface area contributed by atoms with Gasteiger partial charge in [-0.05, 0) is 72.9 Å². The molecule has 1 heterocycles. The van der Waals surface area contributed by atoms with E-state index in [9.17, 15) is 9.18 Å². The highest BCUT2D eigenvalue weighted by atomic mass is 32.2. The second kappa shape index (κ2) is 9.74. The number of benzene rings is 2. The van der Waals surface area contributed by atoms with Crippen LogP contribution in [0.3, 0.4) is 0 Å². The molecule has 0 spiro atoms. The quantitative estimate of drug-likeness (QED) is 0.410. The molecule has 1 aliphatic carbocycles. The van der Waals surface area contributed by atoms with Crippen molar-refractivity contribution in [3.63, 3.8) is 0 Å². The molecule has 1 N–H and O–H groups in total. The second-order valence-corrected chi connectivity index (χ2v) is 9.44. The van der Waals surface area contributed by atoms with Gasteiger partial charge in [0.1, 0.15) is 11.4 Å². The average molecular weight is 451 g/mol. The highest BCUT2D eigenvalue weighted by Crippen LogP contribution is 2.45. The van der Waals surface area contributed by atoms with Crippen LogP contribution in [0.25, 0.3) is 0 Å². The number of rotatable bonds is 8. The number of aromatic nitrogens is 1. The number of nitrogens with one attached hydrogen (secondary N) is 1. The van der Waals surface area contributed by atoms with Gasteiger partial charge in [0.2, 0.25) is 11.8 Å². The van der Waals surface area contributed by atoms with Gasteiger partial charge in [-0.25, -0.2) is 9.37 Å². The normalized spacial score (nSPS) is 14.5. The van der Waals surface area contributed by atoms with Crippen molar-refractivity contribution in [2.24, 2.45) is 0 Å². The molecule has 4 nitrogen and oxygen atoms in total. The summed E-state index contributed by atoms with van der Waals surface area (Å²) in [5.41, 5.74) is 2.51. The molecule has 1 aliphatic rings. The van der Waals surface area contributed by atoms with E-state index in [0.29, 0.717) is 23.6 Å². The zero-order valence-electron chi connectivity index (χ0n) is 18.4. The molecule has 1 aromatic heterocycles. The molecule has 4 rings (SSSR count). The molecule has 32 heavy (non-hydrogen) atoms. The number of ether oxygens (including phenoxy) is 1. The number of hydrogen-bond acceptors (Lipinski definition) is 4. The Kier molecular flexibility index (Phi) is 6.80. The van der Waals surface area contributed by atoms with Crippen molar-refractivity contribution >= 4 is 23.4 Å². The van der Waals surface area contributed by atoms with Crippen molar-refractivity contribution < 1.29 is 13.9 Å². The monoisotopic (exact) mass is 450 g/mol. The Morgan fingerprint density at radius 1 is 1.16 bits per heavy atom. The lowest BCUT2D eigenvalue weighted by Gasteiger charge is -2.42. The number of carbonyl (C=O) groups excluding carboxylic acids is 1. The molecule has 0 saturated heterocycles. The van der Waals surface area contributed by atoms with Gasteiger partial charge in [-0.15, -0.1) is 11.8 Å². The van der Waals surface area contributed by atoms with Crippen LogP contribution in [0.2, 0.25) is 0 Å². The minimum Gasteiger partial charge on any atom is -0.466 e. The van der Waals surface area contributed by atoms with Gasteiger partial charge < -0.3 is 10.1 Å². The first-order valence-electron chi connectivity index (χ1n) is 10.9. The summed E-state index contributed by atoms with van der Waals surface area (Å²) in [4.78, 5) is 18.0. The van der Waals surface area contributed by atoms with E-state index in [1.807, 2.05) is 30.3 Å². The zero-order valence-corrected chi connectivity index (χ0v) is 19.2. The van der Waals surface area contributed by atoms with Crippen LogP contribution in [0.4, 0.5) is 10.1 Å². The van der Waals surface area contributed by atoms with Crippen LogP contribution in [0, 0.1) is 12.7 Å². The third-order valence-electron chi connectivity index (χ3n) is 5.78. The van der Waals surface area contributed by atoms with Crippen LogP contribution in [0.5, 0.6) is 5.88 Å². The second-order valence-electron chi connectivity index (χ2n) is 8.10. The number of nitrogens with zero attached hydrogens (tertiary/aromatic N) is 1. The first kappa shape index (κ1) is 22.3. The van der Waals surface area contributed by atoms with Gasteiger partial charge in [0.25, 0.3) is 0 Å². The van der Waals surface area contributed by atoms with Crippen molar-refractivity contribution in [2.45, 2.75) is 50.0 Å². The maximum atomic E-state index is 14.1. The number of thioether (sulfide) groups is 1. The van der Waals surface area contributed by atoms with Gasteiger partial charge in [0, 0.05) is 11.0 Å². The average Bonchev–Trinajstić information content (AvgIpc) is 2.75. The summed E-state index contributed by atoms with van der Waals surface area (Å²) in [6, 6.07) is 16.9. The number of halogens is 1. The highest BCUT2D eigenvalue weighted by Gasteiger charge is 2.42. The molecule has 0 radical (unpaired) electrons. The summed E-state index contributed by atoms with van der Waals surface area (Å²) in [6.45, 7) is 3.87. The Labute approximate surface area is 192 Å². The largest absolute Gasteiger partial charge is 0.466 e. The molecule has 2 aromatic carbocycles. The van der Waals surface area contributed by atoms with E-state index in [-0.39, 0.29) is 11.7 Å². The lowest BCUT2D eigenvalue weighted by Crippen LogP contribution is -2.40. The molecular formula is C26H27FN2O2S. The fraction of sp³-hybridized carbons (Fsp3) is 0.308. The SMILES string of the molecule is CCSc1ccc(CC(=O)Nc2ccc(OC3(c4ccc(C)c(F)c4)CCC3)nc2)cc1. The van der Waals surface area contributed by atoms with Gasteiger partial charge in [0.05, 0.1) is 18.3 Å². The molecule has 0 unspecified atom stereocenters. The van der Waals surface area contributed by atoms with Crippen LogP contribution in [-0.4, -0.2) is 16.6 Å². The third kappa shape index (κ3) is 5.13. The number of carbonyl (C=O) groups is 1. The molecule has 3 aromatic rings. The van der Waals surface area contributed by atoms with E-state index in [2.05, 4.69) is 17.2 Å². The molecule has 1 amide bonds. The molecule has 6 heteroatoms. The summed E-state index contributed by atoms with van der Waals surface area (Å²) in [7, 11) is 0. The molecule has 1 saturated carbocycles. The minimum atomic E-state index is -0.533. The standard InChI is InChI=1S/C26H27FN2O2S/c1-3-32-22-10-6-19(7-11-22)15-24(30)29-21-9-12-25(28-17-21)31-26(13-4-14-26)20-8-5-18(2)23(27)16-20/h5-12,16-17H,3-4,13-15H2,1-2H3,(H,29,30). The van der Waals surface area contributed by atoms with Crippen LogP contribution in [0.15, 0.2) is 65.7 Å². The van der Waals surface area contributed by atoms with E-state index in [4.69, 9.17) is 4.74 Å². The maximum absolute atomic E-state index is 14.1. The van der Waals surface area contributed by atoms with E-state index in [0.717, 1.165) is 36.1 Å². The van der Waals surface area contributed by atoms with Crippen molar-refractivity contribution in [1.82, 2.24) is 4.98 Å². The Bertz CT molecular complexity index is 1080. The number of pyridine rings is 1. The summed E-state index contributed by atoms with van der Waals surface area (Å²) >= 11 is 1.78. The number of anilines is 1. The first-order valence-corrected chi connectivity index (χ1v) is 11.9. The summed E-state index contributed by atoms with van der Waals surface area (Å²) < 4.78 is 20.3. The van der Waals surface area contributed by atoms with Crippen LogP contribution < -0.4 is 10.1 Å². The molecule has 1 fully saturated rings. The van der Waals surface area contributed by atoms with Crippen molar-refractivity contribution in [3.05, 3.63) is 83.3 Å².